The molecule has 1 amide bonds. The van der Waals surface area contributed by atoms with E-state index in [2.05, 4.69) is 16.1 Å². The van der Waals surface area contributed by atoms with Crippen LogP contribution in [0.5, 0.6) is 0 Å². The minimum Gasteiger partial charge on any atom is -0.462 e. The number of rotatable bonds is 5. The molecule has 0 aromatic carbocycles. The van der Waals surface area contributed by atoms with Gasteiger partial charge >= 0.3 is 18.0 Å². The van der Waals surface area contributed by atoms with E-state index in [9.17, 15) is 9.59 Å². The van der Waals surface area contributed by atoms with Crippen LogP contribution in [0.25, 0.3) is 0 Å². The van der Waals surface area contributed by atoms with E-state index >= 15 is 0 Å². The largest absolute Gasteiger partial charge is 0.462 e. The highest BCUT2D eigenvalue weighted by Crippen LogP contribution is 2.10. The maximum absolute atomic E-state index is 11.2. The molecule has 0 unspecified atom stereocenters. The first kappa shape index (κ1) is 13.0. The van der Waals surface area contributed by atoms with Crippen LogP contribution >= 0.6 is 0 Å². The van der Waals surface area contributed by atoms with Gasteiger partial charge in [0.15, 0.2) is 0 Å². The number of amides is 1. The molecule has 84 valence electrons. The lowest BCUT2D eigenvalue weighted by molar-refractivity contribution is -0.139. The Bertz CT molecular complexity index is 295. The molecular weight excluding hydrogens is 202 g/mol. The van der Waals surface area contributed by atoms with Crippen molar-refractivity contribution in [3.05, 3.63) is 24.4 Å². The van der Waals surface area contributed by atoms with Crippen LogP contribution in [0, 0.1) is 0 Å². The normalized spacial score (nSPS) is 11.1. The van der Waals surface area contributed by atoms with Crippen LogP contribution < -0.4 is 5.73 Å². The Balaban J connectivity index is 4.80. The third-order valence-electron chi connectivity index (χ3n) is 1.27. The number of hydrogen-bond donors (Lipinski definition) is 1. The molecule has 0 atom stereocenters. The van der Waals surface area contributed by atoms with Gasteiger partial charge in [-0.15, -0.1) is 0 Å². The van der Waals surface area contributed by atoms with Gasteiger partial charge in [0.25, 0.3) is 0 Å². The van der Waals surface area contributed by atoms with Crippen molar-refractivity contribution in [1.82, 2.24) is 0 Å². The molecule has 0 bridgehead atoms. The van der Waals surface area contributed by atoms with Gasteiger partial charge < -0.3 is 19.9 Å². The first-order chi connectivity index (χ1) is 7.02. The van der Waals surface area contributed by atoms with Crippen LogP contribution in [-0.4, -0.2) is 18.7 Å². The number of ether oxygens (including phenoxy) is 3. The van der Waals surface area contributed by atoms with Gasteiger partial charge in [-0.05, 0) is 13.8 Å². The Morgan fingerprint density at radius 2 is 2.07 bits per heavy atom. The van der Waals surface area contributed by atoms with E-state index in [-0.39, 0.29) is 18.1 Å². The maximum Gasteiger partial charge on any atom is 0.412 e. The van der Waals surface area contributed by atoms with Crippen LogP contribution in [0.15, 0.2) is 24.4 Å². The fourth-order valence-electron chi connectivity index (χ4n) is 0.679. The van der Waals surface area contributed by atoms with Crippen LogP contribution in [0.1, 0.15) is 13.8 Å². The second-order valence-corrected chi connectivity index (χ2v) is 2.34. The summed E-state index contributed by atoms with van der Waals surface area (Å²) in [5.74, 6) is -0.994. The van der Waals surface area contributed by atoms with Crippen molar-refractivity contribution in [3.63, 3.8) is 0 Å². The molecular formula is C9H13NO5. The van der Waals surface area contributed by atoms with Gasteiger partial charge in [0.2, 0.25) is 0 Å². The smallest absolute Gasteiger partial charge is 0.412 e. The monoisotopic (exact) mass is 215 g/mol. The van der Waals surface area contributed by atoms with E-state index in [1.54, 1.807) is 6.92 Å². The lowest BCUT2D eigenvalue weighted by Gasteiger charge is -2.08. The minimum atomic E-state index is -1.09. The van der Waals surface area contributed by atoms with Crippen molar-refractivity contribution in [1.29, 1.82) is 0 Å². The summed E-state index contributed by atoms with van der Waals surface area (Å²) in [5.41, 5.74) is 4.77. The van der Waals surface area contributed by atoms with Gasteiger partial charge in [-0.2, -0.15) is 0 Å². The minimum absolute atomic E-state index is 0.00412. The van der Waals surface area contributed by atoms with Crippen molar-refractivity contribution in [3.8, 4) is 0 Å². The molecule has 2 N–H and O–H groups in total. The molecule has 0 aliphatic rings. The molecule has 0 heterocycles. The Labute approximate surface area is 87.3 Å². The summed E-state index contributed by atoms with van der Waals surface area (Å²) in [4.78, 5) is 21.7. The Morgan fingerprint density at radius 1 is 1.47 bits per heavy atom. The first-order valence-electron chi connectivity index (χ1n) is 4.15. The zero-order valence-corrected chi connectivity index (χ0v) is 8.61. The fourth-order valence-corrected chi connectivity index (χ4v) is 0.679. The average Bonchev–Trinajstić information content (AvgIpc) is 2.16. The molecule has 0 saturated carbocycles. The van der Waals surface area contributed by atoms with E-state index in [4.69, 9.17) is 10.5 Å². The third kappa shape index (κ3) is 4.70. The highest BCUT2D eigenvalue weighted by atomic mass is 16.7. The first-order valence-corrected chi connectivity index (χ1v) is 4.15. The van der Waals surface area contributed by atoms with Gasteiger partial charge in [0.1, 0.15) is 5.57 Å². The number of nitrogens with two attached hydrogens (primary N) is 1. The molecule has 15 heavy (non-hydrogen) atoms. The Hall–Kier alpha value is -1.98. The molecule has 0 rings (SSSR count). The van der Waals surface area contributed by atoms with Crippen LogP contribution in [0.2, 0.25) is 0 Å². The van der Waals surface area contributed by atoms with Crippen molar-refractivity contribution >= 4 is 12.1 Å². The van der Waals surface area contributed by atoms with Gasteiger partial charge in [-0.3, -0.25) is 0 Å². The van der Waals surface area contributed by atoms with Crippen molar-refractivity contribution in [2.24, 2.45) is 5.73 Å². The van der Waals surface area contributed by atoms with E-state index < -0.39 is 12.1 Å². The molecule has 0 aliphatic heterocycles. The van der Waals surface area contributed by atoms with Crippen LogP contribution in [-0.2, 0) is 19.0 Å². The second-order valence-electron chi connectivity index (χ2n) is 2.34. The van der Waals surface area contributed by atoms with E-state index in [0.29, 0.717) is 0 Å². The van der Waals surface area contributed by atoms with Crippen molar-refractivity contribution < 1.29 is 23.8 Å². The predicted octanol–water partition coefficient (Wildman–Crippen LogP) is 1.04. The highest BCUT2D eigenvalue weighted by molar-refractivity contribution is 5.88. The van der Waals surface area contributed by atoms with Crippen LogP contribution in [0.3, 0.4) is 0 Å². The van der Waals surface area contributed by atoms with Gasteiger partial charge in [-0.25, -0.2) is 9.59 Å². The summed E-state index contributed by atoms with van der Waals surface area (Å²) in [6.45, 7) is 6.48. The molecule has 0 radical (unpaired) electrons. The average molecular weight is 215 g/mol. The number of carbonyl (C=O) groups is 2. The lowest BCUT2D eigenvalue weighted by Crippen LogP contribution is -2.17. The Morgan fingerprint density at radius 3 is 2.47 bits per heavy atom. The van der Waals surface area contributed by atoms with Gasteiger partial charge in [0, 0.05) is 0 Å². The summed E-state index contributed by atoms with van der Waals surface area (Å²) in [5, 5.41) is 0. The quantitative estimate of drug-likeness (QED) is 0.420. The molecule has 0 aromatic rings. The second kappa shape index (κ2) is 6.47. The van der Waals surface area contributed by atoms with Gasteiger partial charge in [0.05, 0.1) is 12.9 Å². The standard InChI is InChI=1S/C9H13NO5/c1-4-13-7(11)6(3)8(14-5-2)15-9(10)12/h5H,2,4H2,1,3H3,(H2,10,12). The van der Waals surface area contributed by atoms with Crippen LogP contribution in [0.4, 0.5) is 4.79 Å². The summed E-state index contributed by atoms with van der Waals surface area (Å²) in [7, 11) is 0. The third-order valence-corrected chi connectivity index (χ3v) is 1.27. The number of primary amides is 1. The van der Waals surface area contributed by atoms with E-state index in [1.165, 1.54) is 6.92 Å². The zero-order valence-electron chi connectivity index (χ0n) is 8.61. The topological polar surface area (TPSA) is 87.9 Å². The summed E-state index contributed by atoms with van der Waals surface area (Å²) in [6, 6.07) is 0. The number of hydrogen-bond acceptors (Lipinski definition) is 5. The molecule has 0 fully saturated rings. The van der Waals surface area contributed by atoms with Crippen molar-refractivity contribution in [2.45, 2.75) is 13.8 Å². The lowest BCUT2D eigenvalue weighted by atomic mass is 10.3. The fraction of sp³-hybridized carbons (Fsp3) is 0.333. The van der Waals surface area contributed by atoms with Crippen molar-refractivity contribution in [2.75, 3.05) is 6.61 Å². The molecule has 0 aliphatic carbocycles. The Kier molecular flexibility index (Phi) is 5.62. The highest BCUT2D eigenvalue weighted by Gasteiger charge is 2.16. The molecule has 0 spiro atoms. The summed E-state index contributed by atoms with van der Waals surface area (Å²) < 4.78 is 13.8. The predicted molar refractivity (Wildman–Crippen MR) is 51.3 cm³/mol. The summed E-state index contributed by atoms with van der Waals surface area (Å²) >= 11 is 0. The van der Waals surface area contributed by atoms with E-state index in [1.807, 2.05) is 0 Å². The maximum atomic E-state index is 11.2. The number of esters is 1. The van der Waals surface area contributed by atoms with Gasteiger partial charge in [-0.1, -0.05) is 6.58 Å². The SMILES string of the molecule is C=COC(OC(N)=O)=C(C)C(=O)OCC. The molecule has 0 aromatic heterocycles. The number of carbonyl (C=O) groups excluding carboxylic acids is 2. The molecule has 6 nitrogen and oxygen atoms in total. The summed E-state index contributed by atoms with van der Waals surface area (Å²) in [6.07, 6.45) is -0.0865. The molecule has 6 heteroatoms. The molecule has 0 saturated heterocycles. The van der Waals surface area contributed by atoms with E-state index in [0.717, 1.165) is 6.26 Å². The zero-order chi connectivity index (χ0) is 11.8.